The van der Waals surface area contributed by atoms with Crippen LogP contribution in [0.1, 0.15) is 24.0 Å². The fourth-order valence-corrected chi connectivity index (χ4v) is 0.630. The predicted molar refractivity (Wildman–Crippen MR) is 48.7 cm³/mol. The lowest BCUT2D eigenvalue weighted by molar-refractivity contribution is 0.177. The molecular weight excluding hydrogens is 170 g/mol. The Bertz CT molecular complexity index is 570. The van der Waals surface area contributed by atoms with Crippen molar-refractivity contribution in [1.82, 2.24) is 5.32 Å². The van der Waals surface area contributed by atoms with E-state index in [-0.39, 0.29) is 0 Å². The van der Waals surface area contributed by atoms with Crippen LogP contribution in [-0.4, -0.2) is 28.8 Å². The van der Waals surface area contributed by atoms with Gasteiger partial charge in [-0.2, -0.15) is 0 Å². The van der Waals surface area contributed by atoms with Crippen LogP contribution < -0.4 is 5.32 Å². The highest BCUT2D eigenvalue weighted by Crippen LogP contribution is 2.27. The van der Waals surface area contributed by atoms with Crippen LogP contribution in [0.25, 0.3) is 0 Å². The number of phenols is 2. The van der Waals surface area contributed by atoms with Gasteiger partial charge in [0.05, 0.1) is 11.6 Å². The first kappa shape index (κ1) is 3.15. The van der Waals surface area contributed by atoms with E-state index in [0.29, 0.717) is 0 Å². The summed E-state index contributed by atoms with van der Waals surface area (Å²) in [6.45, 7) is -6.45. The van der Waals surface area contributed by atoms with Gasteiger partial charge in [0.2, 0.25) is 0 Å². The van der Waals surface area contributed by atoms with Crippen molar-refractivity contribution in [2.75, 3.05) is 13.5 Å². The Morgan fingerprint density at radius 2 is 2.46 bits per heavy atom. The molecule has 0 aliphatic rings. The second kappa shape index (κ2) is 4.11. The number of likely N-dealkylation sites (N-methyl/N-ethyl adjacent to an activating group) is 1. The van der Waals surface area contributed by atoms with Crippen molar-refractivity contribution < 1.29 is 27.7 Å². The number of aromatic hydroxyl groups is 2. The van der Waals surface area contributed by atoms with E-state index < -0.39 is 54.7 Å². The molecule has 0 amide bonds. The molecule has 0 aliphatic heterocycles. The third-order valence-electron chi connectivity index (χ3n) is 1.19. The van der Waals surface area contributed by atoms with E-state index >= 15 is 0 Å². The number of hydrogen-bond acceptors (Lipinski definition) is 4. The van der Waals surface area contributed by atoms with Crippen LogP contribution >= 0.6 is 0 Å². The zero-order valence-electron chi connectivity index (χ0n) is 15.3. The molecule has 13 heavy (non-hydrogen) atoms. The van der Waals surface area contributed by atoms with Gasteiger partial charge in [-0.05, 0) is 24.6 Å². The monoisotopic (exact) mass is 192 g/mol. The lowest BCUT2D eigenvalue weighted by atomic mass is 10.1. The second-order valence-electron chi connectivity index (χ2n) is 2.05. The van der Waals surface area contributed by atoms with Crippen molar-refractivity contribution in [3.63, 3.8) is 0 Å². The summed E-state index contributed by atoms with van der Waals surface area (Å²) in [6, 6.07) is -3.29. The standard InChI is InChI=1S/C9H13NO3/c1-10-5-9(13)6-2-3-7(11)8(12)4-6/h2-4,9-13H,5H2,1H3/i1D3,2D,3D,4D,5D2,9D. The predicted octanol–water partition coefficient (Wildman–Crippen LogP) is 0.351. The third-order valence-corrected chi connectivity index (χ3v) is 1.19. The molecule has 0 aromatic heterocycles. The Morgan fingerprint density at radius 1 is 1.69 bits per heavy atom. The molecule has 4 heteroatoms. The van der Waals surface area contributed by atoms with Gasteiger partial charge in [0.15, 0.2) is 11.5 Å². The summed E-state index contributed by atoms with van der Waals surface area (Å²) in [5, 5.41) is 30.2. The largest absolute Gasteiger partial charge is 0.504 e. The van der Waals surface area contributed by atoms with Crippen LogP contribution in [0.4, 0.5) is 0 Å². The first-order valence-electron chi connectivity index (χ1n) is 7.67. The number of rotatable bonds is 3. The molecule has 1 aromatic rings. The minimum Gasteiger partial charge on any atom is -0.504 e. The zero-order valence-corrected chi connectivity index (χ0v) is 6.34. The Kier molecular flexibility index (Phi) is 0.996. The van der Waals surface area contributed by atoms with E-state index in [1.54, 1.807) is 0 Å². The summed E-state index contributed by atoms with van der Waals surface area (Å²) in [5.41, 5.74) is -1.16. The Labute approximate surface area is 89.1 Å². The van der Waals surface area contributed by atoms with E-state index in [1.807, 2.05) is 0 Å². The Hall–Kier alpha value is -1.26. The lowest BCUT2D eigenvalue weighted by Crippen LogP contribution is -2.16. The number of phenolic OH excluding ortho intramolecular Hbond substituents is 2. The molecule has 4 N–H and O–H groups in total. The number of nitrogens with one attached hydrogen (secondary N) is 1. The van der Waals surface area contributed by atoms with Gasteiger partial charge in [-0.25, -0.2) is 0 Å². The zero-order chi connectivity index (χ0) is 17.7. The normalized spacial score (nSPS) is 27.3. The highest BCUT2D eigenvalue weighted by molar-refractivity contribution is 5.41. The average Bonchev–Trinajstić information content (AvgIpc) is 2.30. The van der Waals surface area contributed by atoms with Crippen LogP contribution in [0.2, 0.25) is 0 Å². The first-order valence-corrected chi connectivity index (χ1v) is 3.17. The van der Waals surface area contributed by atoms with Gasteiger partial charge < -0.3 is 20.6 Å². The van der Waals surface area contributed by atoms with Gasteiger partial charge in [0.1, 0.15) is 0 Å². The van der Waals surface area contributed by atoms with Gasteiger partial charge in [0, 0.05) is 13.4 Å². The molecule has 0 fully saturated rings. The fraction of sp³-hybridized carbons (Fsp3) is 0.333. The molecule has 1 aromatic carbocycles. The van der Waals surface area contributed by atoms with Crippen molar-refractivity contribution in [3.05, 3.63) is 23.7 Å². The van der Waals surface area contributed by atoms with Crippen LogP contribution in [0, 0.1) is 0 Å². The Morgan fingerprint density at radius 3 is 3.15 bits per heavy atom. The SMILES string of the molecule is [2H]c1c([2H])c(C([2H])(O)C([2H])([2H])NC([2H])([2H])[2H])c([2H])c(O)c1O. The smallest absolute Gasteiger partial charge is 0.157 e. The van der Waals surface area contributed by atoms with E-state index in [1.165, 1.54) is 5.32 Å². The van der Waals surface area contributed by atoms with Crippen molar-refractivity contribution in [2.45, 2.75) is 6.08 Å². The van der Waals surface area contributed by atoms with Crippen LogP contribution in [0.5, 0.6) is 11.5 Å². The number of aliphatic hydroxyl groups is 1. The molecule has 1 atom stereocenters. The summed E-state index contributed by atoms with van der Waals surface area (Å²) in [4.78, 5) is 0. The van der Waals surface area contributed by atoms with Gasteiger partial charge in [-0.1, -0.05) is 6.04 Å². The van der Waals surface area contributed by atoms with Crippen molar-refractivity contribution in [3.8, 4) is 11.5 Å². The van der Waals surface area contributed by atoms with Gasteiger partial charge in [-0.3, -0.25) is 0 Å². The topological polar surface area (TPSA) is 72.7 Å². The van der Waals surface area contributed by atoms with Crippen molar-refractivity contribution in [2.24, 2.45) is 0 Å². The molecular formula is C9H13NO3. The number of benzene rings is 1. The lowest BCUT2D eigenvalue weighted by Gasteiger charge is -2.10. The molecule has 0 radical (unpaired) electrons. The van der Waals surface area contributed by atoms with E-state index in [2.05, 4.69) is 0 Å². The quantitative estimate of drug-likeness (QED) is 0.521. The summed E-state index contributed by atoms with van der Waals surface area (Å²) in [5.74, 6) is -2.37. The van der Waals surface area contributed by atoms with E-state index in [0.717, 1.165) is 0 Å². The molecule has 0 bridgehead atoms. The Balaban J connectivity index is 3.60. The first-order chi connectivity index (χ1) is 9.63. The number of hydrogen-bond donors (Lipinski definition) is 4. The summed E-state index contributed by atoms with van der Waals surface area (Å²) < 4.78 is 65.8. The minimum absolute atomic E-state index is 1.04. The molecule has 4 nitrogen and oxygen atoms in total. The molecule has 1 rings (SSSR count). The average molecular weight is 192 g/mol. The van der Waals surface area contributed by atoms with E-state index in [9.17, 15) is 15.3 Å². The molecule has 0 spiro atoms. The molecule has 72 valence electrons. The minimum atomic E-state index is -3.50. The van der Waals surface area contributed by atoms with Crippen LogP contribution in [-0.2, 0) is 0 Å². The molecule has 1 unspecified atom stereocenters. The van der Waals surface area contributed by atoms with Gasteiger partial charge >= 0.3 is 0 Å². The highest BCUT2D eigenvalue weighted by atomic mass is 16.3. The van der Waals surface area contributed by atoms with E-state index in [4.69, 9.17) is 12.3 Å². The summed E-state index contributed by atoms with van der Waals surface area (Å²) in [7, 11) is 0. The third kappa shape index (κ3) is 2.34. The van der Waals surface area contributed by atoms with Crippen LogP contribution in [0.3, 0.4) is 0 Å². The maximum atomic E-state index is 10.0. The molecule has 0 saturated carbocycles. The van der Waals surface area contributed by atoms with Crippen molar-refractivity contribution in [1.29, 1.82) is 0 Å². The summed E-state index contributed by atoms with van der Waals surface area (Å²) in [6.07, 6.45) is -3.50. The summed E-state index contributed by atoms with van der Waals surface area (Å²) >= 11 is 0. The molecule has 0 aliphatic carbocycles. The maximum Gasteiger partial charge on any atom is 0.157 e. The van der Waals surface area contributed by atoms with Gasteiger partial charge in [-0.15, -0.1) is 0 Å². The fourth-order valence-electron chi connectivity index (χ4n) is 0.630. The van der Waals surface area contributed by atoms with Crippen LogP contribution in [0.15, 0.2) is 18.1 Å². The van der Waals surface area contributed by atoms with Crippen molar-refractivity contribution >= 4 is 0 Å². The highest BCUT2D eigenvalue weighted by Gasteiger charge is 2.08. The maximum absolute atomic E-state index is 10.0. The second-order valence-corrected chi connectivity index (χ2v) is 2.05. The molecule has 0 heterocycles. The van der Waals surface area contributed by atoms with Gasteiger partial charge in [0.25, 0.3) is 0 Å². The molecule has 0 saturated heterocycles.